The lowest BCUT2D eigenvalue weighted by Crippen LogP contribution is -2.22. The Morgan fingerprint density at radius 2 is 2.16 bits per heavy atom. The summed E-state index contributed by atoms with van der Waals surface area (Å²) in [5, 5.41) is 3.07. The molecule has 0 spiro atoms. The zero-order valence-electron chi connectivity index (χ0n) is 13.6. The largest absolute Gasteiger partial charge is 0.443 e. The Bertz CT molecular complexity index is 923. The maximum atomic E-state index is 13.5. The van der Waals surface area contributed by atoms with E-state index in [1.165, 1.54) is 12.5 Å². The third kappa shape index (κ3) is 4.78. The number of halogens is 2. The summed E-state index contributed by atoms with van der Waals surface area (Å²) in [6.45, 7) is 8.44. The summed E-state index contributed by atoms with van der Waals surface area (Å²) in [5.74, 6) is -1.36. The van der Waals surface area contributed by atoms with E-state index in [1.54, 1.807) is 37.3 Å². The topological polar surface area (TPSA) is 55.1 Å². The van der Waals surface area contributed by atoms with Gasteiger partial charge in [0.05, 0.1) is 10.6 Å². The minimum atomic E-state index is -0.733. The van der Waals surface area contributed by atoms with Crippen molar-refractivity contribution >= 4 is 34.7 Å². The Morgan fingerprint density at radius 1 is 1.40 bits per heavy atom. The zero-order chi connectivity index (χ0) is 18.4. The van der Waals surface area contributed by atoms with Gasteiger partial charge in [-0.3, -0.25) is 4.79 Å². The fourth-order valence-corrected chi connectivity index (χ4v) is 2.15. The number of nitrogens with one attached hydrogen (secondary N) is 1. The molecule has 1 N–H and O–H groups in total. The summed E-state index contributed by atoms with van der Waals surface area (Å²) in [6.07, 6.45) is 8.78. The number of rotatable bonds is 6. The van der Waals surface area contributed by atoms with Crippen molar-refractivity contribution in [2.75, 3.05) is 0 Å². The number of benzene rings is 1. The molecule has 0 radical (unpaired) electrons. The first-order valence-corrected chi connectivity index (χ1v) is 7.66. The standard InChI is InChI=1S/C19H16ClFN2O2/c1-4-6-16(21)13(3)19(24)23-12(2)7-5-8-14-9-18-17(10-15(14)20)22-11-25-18/h4-11H,1,3H2,2H3,(H,23,24). The molecule has 1 heterocycles. The molecule has 128 valence electrons. The molecule has 2 rings (SSSR count). The van der Waals surface area contributed by atoms with Crippen LogP contribution in [0, 0.1) is 0 Å². The number of carbonyl (C=O) groups excluding carboxylic acids is 1. The molecule has 0 aliphatic heterocycles. The lowest BCUT2D eigenvalue weighted by molar-refractivity contribution is -0.116. The summed E-state index contributed by atoms with van der Waals surface area (Å²) >= 11 is 6.17. The highest BCUT2D eigenvalue weighted by Crippen LogP contribution is 2.24. The second-order valence-corrected chi connectivity index (χ2v) is 5.49. The molecule has 0 atom stereocenters. The van der Waals surface area contributed by atoms with Crippen LogP contribution in [-0.2, 0) is 4.79 Å². The van der Waals surface area contributed by atoms with Gasteiger partial charge in [0.1, 0.15) is 11.3 Å². The number of amides is 1. The van der Waals surface area contributed by atoms with E-state index in [4.69, 9.17) is 16.0 Å². The first-order chi connectivity index (χ1) is 11.9. The van der Waals surface area contributed by atoms with Gasteiger partial charge in [-0.15, -0.1) is 0 Å². The van der Waals surface area contributed by atoms with Crippen LogP contribution in [0.5, 0.6) is 0 Å². The van der Waals surface area contributed by atoms with Gasteiger partial charge < -0.3 is 9.73 Å². The number of fused-ring (bicyclic) bond motifs is 1. The van der Waals surface area contributed by atoms with Crippen molar-refractivity contribution in [3.63, 3.8) is 0 Å². The van der Waals surface area contributed by atoms with E-state index in [-0.39, 0.29) is 5.57 Å². The van der Waals surface area contributed by atoms with E-state index in [9.17, 15) is 9.18 Å². The van der Waals surface area contributed by atoms with E-state index in [2.05, 4.69) is 23.5 Å². The number of carbonyl (C=O) groups is 1. The Morgan fingerprint density at radius 3 is 2.88 bits per heavy atom. The number of oxazole rings is 1. The third-order valence-corrected chi connectivity index (χ3v) is 3.54. The first-order valence-electron chi connectivity index (χ1n) is 7.29. The molecule has 0 unspecified atom stereocenters. The summed E-state index contributed by atoms with van der Waals surface area (Å²) in [5.41, 5.74) is 2.29. The Labute approximate surface area is 149 Å². The molecule has 0 bridgehead atoms. The summed E-state index contributed by atoms with van der Waals surface area (Å²) < 4.78 is 18.7. The maximum Gasteiger partial charge on any atom is 0.257 e. The third-order valence-electron chi connectivity index (χ3n) is 3.21. The lowest BCUT2D eigenvalue weighted by atomic mass is 10.2. The van der Waals surface area contributed by atoms with Crippen LogP contribution >= 0.6 is 11.6 Å². The van der Waals surface area contributed by atoms with Crippen LogP contribution < -0.4 is 5.32 Å². The van der Waals surface area contributed by atoms with Crippen LogP contribution in [0.3, 0.4) is 0 Å². The van der Waals surface area contributed by atoms with Crippen molar-refractivity contribution in [3.8, 4) is 0 Å². The molecule has 1 aromatic heterocycles. The average molecular weight is 359 g/mol. The van der Waals surface area contributed by atoms with Crippen molar-refractivity contribution in [3.05, 3.63) is 83.7 Å². The molecule has 4 nitrogen and oxygen atoms in total. The molecule has 0 saturated heterocycles. The van der Waals surface area contributed by atoms with E-state index in [0.717, 1.165) is 11.6 Å². The molecule has 0 aliphatic rings. The first kappa shape index (κ1) is 18.4. The van der Waals surface area contributed by atoms with Crippen molar-refractivity contribution in [1.29, 1.82) is 0 Å². The highest BCUT2D eigenvalue weighted by atomic mass is 35.5. The zero-order valence-corrected chi connectivity index (χ0v) is 14.3. The Balaban J connectivity index is 2.06. The Hall–Kier alpha value is -2.92. The summed E-state index contributed by atoms with van der Waals surface area (Å²) in [6, 6.07) is 3.47. The van der Waals surface area contributed by atoms with Crippen LogP contribution in [0.15, 0.2) is 77.5 Å². The Kier molecular flexibility index (Phi) is 6.08. The fraction of sp³-hybridized carbons (Fsp3) is 0.0526. The van der Waals surface area contributed by atoms with Crippen molar-refractivity contribution in [1.82, 2.24) is 10.3 Å². The molecular weight excluding hydrogens is 343 g/mol. The van der Waals surface area contributed by atoms with Gasteiger partial charge in [0, 0.05) is 5.70 Å². The van der Waals surface area contributed by atoms with Gasteiger partial charge >= 0.3 is 0 Å². The van der Waals surface area contributed by atoms with Gasteiger partial charge in [0.15, 0.2) is 12.0 Å². The molecule has 0 aliphatic carbocycles. The normalized spacial score (nSPS) is 12.6. The van der Waals surface area contributed by atoms with E-state index in [0.29, 0.717) is 21.8 Å². The second kappa shape index (κ2) is 8.26. The van der Waals surface area contributed by atoms with Crippen LogP contribution in [-0.4, -0.2) is 10.9 Å². The molecule has 0 fully saturated rings. The predicted molar refractivity (Wildman–Crippen MR) is 98.5 cm³/mol. The van der Waals surface area contributed by atoms with Crippen molar-refractivity contribution in [2.24, 2.45) is 0 Å². The van der Waals surface area contributed by atoms with E-state index < -0.39 is 11.7 Å². The number of aromatic nitrogens is 1. The highest BCUT2D eigenvalue weighted by Gasteiger charge is 2.11. The van der Waals surface area contributed by atoms with E-state index >= 15 is 0 Å². The van der Waals surface area contributed by atoms with Crippen molar-refractivity contribution < 1.29 is 13.6 Å². The number of hydrogen-bond donors (Lipinski definition) is 1. The van der Waals surface area contributed by atoms with Crippen LogP contribution in [0.1, 0.15) is 12.5 Å². The quantitative estimate of drug-likeness (QED) is 0.576. The lowest BCUT2D eigenvalue weighted by Gasteiger charge is -2.05. The molecular formula is C19H16ClFN2O2. The monoisotopic (exact) mass is 358 g/mol. The number of allylic oxidation sites excluding steroid dienone is 5. The second-order valence-electron chi connectivity index (χ2n) is 5.09. The van der Waals surface area contributed by atoms with Gasteiger partial charge in [-0.05, 0) is 36.8 Å². The molecule has 6 heteroatoms. The molecule has 1 aromatic carbocycles. The SMILES string of the molecule is C=CC=C(F)C(=C)C(=O)NC(C)=CC=Cc1cc2ocnc2cc1Cl. The van der Waals surface area contributed by atoms with Crippen molar-refractivity contribution in [2.45, 2.75) is 6.92 Å². The van der Waals surface area contributed by atoms with Gasteiger partial charge in [-0.25, -0.2) is 9.37 Å². The molecule has 1 amide bonds. The van der Waals surface area contributed by atoms with Gasteiger partial charge in [0.25, 0.3) is 5.91 Å². The highest BCUT2D eigenvalue weighted by molar-refractivity contribution is 6.32. The minimum Gasteiger partial charge on any atom is -0.443 e. The van der Waals surface area contributed by atoms with Crippen LogP contribution in [0.2, 0.25) is 5.02 Å². The van der Waals surface area contributed by atoms with Crippen LogP contribution in [0.4, 0.5) is 4.39 Å². The van der Waals surface area contributed by atoms with Gasteiger partial charge in [0.2, 0.25) is 0 Å². The fourth-order valence-electron chi connectivity index (χ4n) is 1.93. The minimum absolute atomic E-state index is 0.268. The predicted octanol–water partition coefficient (Wildman–Crippen LogP) is 5.11. The number of hydrogen-bond acceptors (Lipinski definition) is 3. The van der Waals surface area contributed by atoms with E-state index in [1.807, 2.05) is 0 Å². The smallest absolute Gasteiger partial charge is 0.257 e. The summed E-state index contributed by atoms with van der Waals surface area (Å²) in [4.78, 5) is 15.9. The van der Waals surface area contributed by atoms with Gasteiger partial charge in [-0.2, -0.15) is 0 Å². The molecule has 25 heavy (non-hydrogen) atoms. The maximum absolute atomic E-state index is 13.5. The average Bonchev–Trinajstić information content (AvgIpc) is 3.01. The van der Waals surface area contributed by atoms with Crippen LogP contribution in [0.25, 0.3) is 17.2 Å². The molecule has 0 saturated carbocycles. The summed E-state index contributed by atoms with van der Waals surface area (Å²) in [7, 11) is 0. The molecule has 2 aromatic rings. The number of nitrogens with zero attached hydrogens (tertiary/aromatic N) is 1. The van der Waals surface area contributed by atoms with Gasteiger partial charge in [-0.1, -0.05) is 43.0 Å².